The maximum absolute atomic E-state index is 14.9. The van der Waals surface area contributed by atoms with E-state index in [0.717, 1.165) is 5.56 Å². The zero-order chi connectivity index (χ0) is 29.4. The summed E-state index contributed by atoms with van der Waals surface area (Å²) in [6, 6.07) is 15.0. The number of nitriles is 1. The van der Waals surface area contributed by atoms with Gasteiger partial charge in [-0.25, -0.2) is 18.7 Å². The average Bonchev–Trinajstić information content (AvgIpc) is 2.96. The molecule has 1 aliphatic rings. The van der Waals surface area contributed by atoms with Gasteiger partial charge < -0.3 is 9.80 Å². The zero-order valence-electron chi connectivity index (χ0n) is 22.9. The summed E-state index contributed by atoms with van der Waals surface area (Å²) in [5, 5.41) is 10.7. The molecule has 1 aliphatic heterocycles. The number of aromatic nitrogens is 3. The van der Waals surface area contributed by atoms with E-state index in [1.807, 2.05) is 31.7 Å². The van der Waals surface area contributed by atoms with E-state index in [-0.39, 0.29) is 45.4 Å². The first-order chi connectivity index (χ1) is 19.7. The number of nitrogens with zero attached hydrogens (tertiary/aromatic N) is 6. The van der Waals surface area contributed by atoms with Crippen molar-refractivity contribution in [3.8, 4) is 23.0 Å². The van der Waals surface area contributed by atoms with Crippen molar-refractivity contribution in [3.05, 3.63) is 93.6 Å². The first kappa shape index (κ1) is 28.0. The predicted octanol–water partition coefficient (Wildman–Crippen LogP) is 5.46. The Morgan fingerprint density at radius 3 is 2.61 bits per heavy atom. The lowest BCUT2D eigenvalue weighted by molar-refractivity contribution is -0.126. The molecule has 0 unspecified atom stereocenters. The minimum atomic E-state index is -0.636. The Hall–Kier alpha value is -4.55. The molecule has 0 radical (unpaired) electrons. The lowest BCUT2D eigenvalue weighted by Crippen LogP contribution is -2.54. The van der Waals surface area contributed by atoms with Crippen LogP contribution in [-0.2, 0) is 4.79 Å². The number of carbonyl (C=O) groups is 1. The maximum atomic E-state index is 14.9. The zero-order valence-corrected chi connectivity index (χ0v) is 23.7. The van der Waals surface area contributed by atoms with Gasteiger partial charge in [-0.3, -0.25) is 4.79 Å². The van der Waals surface area contributed by atoms with Gasteiger partial charge in [0.1, 0.15) is 17.7 Å². The lowest BCUT2D eigenvalue weighted by atomic mass is 9.97. The molecule has 4 aromatic rings. The second-order valence-electron chi connectivity index (χ2n) is 10.3. The Labute approximate surface area is 241 Å². The molecular weight excluding hydrogens is 543 g/mol. The quantitative estimate of drug-likeness (QED) is 0.296. The summed E-state index contributed by atoms with van der Waals surface area (Å²) >= 11 is 6.74. The number of piperazine rings is 1. The van der Waals surface area contributed by atoms with E-state index < -0.39 is 11.5 Å². The van der Waals surface area contributed by atoms with Gasteiger partial charge in [0.25, 0.3) is 0 Å². The van der Waals surface area contributed by atoms with E-state index in [1.54, 1.807) is 41.3 Å². The second kappa shape index (κ2) is 11.1. The van der Waals surface area contributed by atoms with Crippen LogP contribution >= 0.6 is 11.6 Å². The summed E-state index contributed by atoms with van der Waals surface area (Å²) in [5.41, 5.74) is 1.33. The van der Waals surface area contributed by atoms with Gasteiger partial charge in [0.2, 0.25) is 5.91 Å². The first-order valence-corrected chi connectivity index (χ1v) is 13.6. The fraction of sp³-hybridized carbons (Fsp3) is 0.258. The summed E-state index contributed by atoms with van der Waals surface area (Å²) < 4.78 is 16.3. The number of pyridine rings is 1. The molecule has 0 spiro atoms. The number of halogens is 2. The molecule has 1 fully saturated rings. The van der Waals surface area contributed by atoms with Crippen LogP contribution in [0.2, 0.25) is 5.02 Å². The van der Waals surface area contributed by atoms with Crippen molar-refractivity contribution in [2.24, 2.45) is 0 Å². The molecule has 208 valence electrons. The highest BCUT2D eigenvalue weighted by Crippen LogP contribution is 2.36. The highest BCUT2D eigenvalue weighted by Gasteiger charge is 2.30. The van der Waals surface area contributed by atoms with Gasteiger partial charge >= 0.3 is 5.69 Å². The number of amides is 1. The van der Waals surface area contributed by atoms with Crippen LogP contribution < -0.4 is 10.6 Å². The van der Waals surface area contributed by atoms with E-state index >= 15 is 0 Å². The van der Waals surface area contributed by atoms with Crippen LogP contribution in [0.4, 0.5) is 10.2 Å². The number of rotatable bonds is 5. The minimum absolute atomic E-state index is 0.0336. The van der Waals surface area contributed by atoms with Gasteiger partial charge in [-0.2, -0.15) is 10.2 Å². The Morgan fingerprint density at radius 2 is 1.95 bits per heavy atom. The first-order valence-electron chi connectivity index (χ1n) is 13.3. The van der Waals surface area contributed by atoms with Gasteiger partial charge in [-0.05, 0) is 48.7 Å². The van der Waals surface area contributed by atoms with Gasteiger partial charge in [0.05, 0.1) is 27.4 Å². The molecule has 1 amide bonds. The largest absolute Gasteiger partial charge is 0.355 e. The molecule has 8 nitrogen and oxygen atoms in total. The number of hydrogen-bond donors (Lipinski definition) is 0. The van der Waals surface area contributed by atoms with Gasteiger partial charge in [0.15, 0.2) is 5.65 Å². The molecule has 1 saturated heterocycles. The molecule has 5 rings (SSSR count). The third kappa shape index (κ3) is 4.96. The smallest absolute Gasteiger partial charge is 0.350 e. The highest BCUT2D eigenvalue weighted by molar-refractivity contribution is 6.33. The lowest BCUT2D eigenvalue weighted by Gasteiger charge is -2.40. The van der Waals surface area contributed by atoms with E-state index in [9.17, 15) is 19.2 Å². The molecule has 2 aromatic carbocycles. The van der Waals surface area contributed by atoms with Crippen molar-refractivity contribution in [1.29, 1.82) is 5.26 Å². The summed E-state index contributed by atoms with van der Waals surface area (Å²) in [7, 11) is 0. The molecule has 0 bridgehead atoms. The molecule has 10 heteroatoms. The number of anilines is 1. The number of fused-ring (bicyclic) bond motifs is 1. The Kier molecular flexibility index (Phi) is 7.61. The van der Waals surface area contributed by atoms with Crippen LogP contribution in [0.25, 0.3) is 28.0 Å². The Bertz CT molecular complexity index is 1790. The fourth-order valence-corrected chi connectivity index (χ4v) is 5.59. The summed E-state index contributed by atoms with van der Waals surface area (Å²) in [5.74, 6) is -0.358. The van der Waals surface area contributed by atoms with Crippen molar-refractivity contribution < 1.29 is 9.18 Å². The van der Waals surface area contributed by atoms with Crippen LogP contribution in [-0.4, -0.2) is 51.0 Å². The summed E-state index contributed by atoms with van der Waals surface area (Å²) in [6.45, 7) is 10.7. The van der Waals surface area contributed by atoms with Crippen molar-refractivity contribution >= 4 is 34.4 Å². The normalized spacial score (nSPS) is 15.3. The van der Waals surface area contributed by atoms with Crippen LogP contribution in [0, 0.1) is 17.1 Å². The molecule has 0 saturated carbocycles. The number of carbonyl (C=O) groups excluding carboxylic acids is 1. The van der Waals surface area contributed by atoms with Crippen LogP contribution in [0.15, 0.2) is 66.0 Å². The molecule has 0 N–H and O–H groups in total. The number of benzene rings is 2. The maximum Gasteiger partial charge on any atom is 0.355 e. The highest BCUT2D eigenvalue weighted by atomic mass is 35.5. The molecule has 2 aromatic heterocycles. The summed E-state index contributed by atoms with van der Waals surface area (Å²) in [6.07, 6.45) is 1.28. The molecule has 41 heavy (non-hydrogen) atoms. The topological polar surface area (TPSA) is 95.1 Å². The SMILES string of the molecule is C=CC(=O)N1CCN(c2nc(=O)n(-c3c(C#N)cccc3C(C)C)c3nc(-c4ccccc4F)c(Cl)cc23)[C@@H](C)C1. The van der Waals surface area contributed by atoms with Crippen molar-refractivity contribution in [2.45, 2.75) is 32.7 Å². The van der Waals surface area contributed by atoms with E-state index in [0.29, 0.717) is 36.5 Å². The Balaban J connectivity index is 1.84. The van der Waals surface area contributed by atoms with Gasteiger partial charge in [-0.1, -0.05) is 56.3 Å². The third-order valence-corrected chi connectivity index (χ3v) is 7.64. The molecule has 0 aliphatic carbocycles. The van der Waals surface area contributed by atoms with Crippen molar-refractivity contribution in [3.63, 3.8) is 0 Å². The minimum Gasteiger partial charge on any atom is -0.350 e. The van der Waals surface area contributed by atoms with Crippen LogP contribution in [0.3, 0.4) is 0 Å². The second-order valence-corrected chi connectivity index (χ2v) is 10.7. The molecule has 1 atom stereocenters. The van der Waals surface area contributed by atoms with E-state index in [1.165, 1.54) is 16.7 Å². The monoisotopic (exact) mass is 570 g/mol. The van der Waals surface area contributed by atoms with Crippen molar-refractivity contribution in [1.82, 2.24) is 19.4 Å². The average molecular weight is 571 g/mol. The summed E-state index contributed by atoms with van der Waals surface area (Å²) in [4.78, 5) is 39.1. The standard InChI is InChI=1S/C31H28ClFN6O2/c1-5-26(40)37-13-14-38(19(4)17-37)29-23-15-24(32)27(22-10-6-7-12-25(22)33)35-30(23)39(31(41)36-29)28-20(16-34)9-8-11-21(28)18(2)3/h5-12,15,18-19H,1,13-14,17H2,2-4H3/t19-/m0/s1. The van der Waals surface area contributed by atoms with Gasteiger partial charge in [-0.15, -0.1) is 0 Å². The van der Waals surface area contributed by atoms with E-state index in [4.69, 9.17) is 16.6 Å². The number of hydrogen-bond acceptors (Lipinski definition) is 6. The van der Waals surface area contributed by atoms with E-state index in [2.05, 4.69) is 17.6 Å². The molecule has 3 heterocycles. The van der Waals surface area contributed by atoms with Crippen LogP contribution in [0.1, 0.15) is 37.8 Å². The Morgan fingerprint density at radius 1 is 1.20 bits per heavy atom. The van der Waals surface area contributed by atoms with Crippen LogP contribution in [0.5, 0.6) is 0 Å². The predicted molar refractivity (Wildman–Crippen MR) is 158 cm³/mol. The van der Waals surface area contributed by atoms with Crippen molar-refractivity contribution in [2.75, 3.05) is 24.5 Å². The fourth-order valence-electron chi connectivity index (χ4n) is 5.34. The van der Waals surface area contributed by atoms with Gasteiger partial charge in [0, 0.05) is 31.2 Å². The third-order valence-electron chi connectivity index (χ3n) is 7.35. The number of para-hydroxylation sites is 1. The molecular formula is C31H28ClFN6O2.